The van der Waals surface area contributed by atoms with Crippen LogP contribution in [0, 0.1) is 6.92 Å². The van der Waals surface area contributed by atoms with Crippen LogP contribution in [0.25, 0.3) is 16.6 Å². The Morgan fingerprint density at radius 1 is 1.25 bits per heavy atom. The lowest BCUT2D eigenvalue weighted by atomic mass is 10.0. The van der Waals surface area contributed by atoms with E-state index >= 15 is 0 Å². The van der Waals surface area contributed by atoms with Gasteiger partial charge >= 0.3 is 11.9 Å². The number of alkyl halides is 2. The van der Waals surface area contributed by atoms with Crippen LogP contribution in [-0.4, -0.2) is 22.4 Å². The molecule has 0 atom stereocenters. The lowest BCUT2D eigenvalue weighted by Gasteiger charge is -2.18. The normalized spacial score (nSPS) is 11.7. The Labute approximate surface area is 137 Å². The van der Waals surface area contributed by atoms with Crippen molar-refractivity contribution in [1.82, 2.24) is 9.78 Å². The Balaban J connectivity index is 2.11. The number of hydrogen-bond acceptors (Lipinski definition) is 3. The monoisotopic (exact) mass is 330 g/mol. The molecule has 2 aromatic carbocycles. The van der Waals surface area contributed by atoms with Crippen LogP contribution in [0.15, 0.2) is 48.7 Å². The third kappa shape index (κ3) is 2.64. The number of esters is 1. The Kier molecular flexibility index (Phi) is 4.05. The second kappa shape index (κ2) is 6.03. The number of benzene rings is 2. The molecule has 1 aromatic heterocycles. The molecule has 1 heterocycles. The number of hydrogen-bond donors (Lipinski definition) is 0. The highest BCUT2D eigenvalue weighted by Gasteiger charge is 2.44. The fourth-order valence-electron chi connectivity index (χ4n) is 2.59. The molecule has 0 aliphatic carbocycles. The molecule has 24 heavy (non-hydrogen) atoms. The molecule has 0 unspecified atom stereocenters. The van der Waals surface area contributed by atoms with Crippen molar-refractivity contribution >= 4 is 16.9 Å². The predicted molar refractivity (Wildman–Crippen MR) is 86.3 cm³/mol. The Hall–Kier alpha value is -2.76. The van der Waals surface area contributed by atoms with Crippen molar-refractivity contribution in [3.05, 3.63) is 59.8 Å². The number of aryl methyl sites for hydroxylation is 1. The molecular formula is C18H16F2N2O2. The van der Waals surface area contributed by atoms with Gasteiger partial charge in [-0.3, -0.25) is 0 Å². The fourth-order valence-corrected chi connectivity index (χ4v) is 2.59. The number of halogens is 2. The van der Waals surface area contributed by atoms with E-state index < -0.39 is 11.9 Å². The van der Waals surface area contributed by atoms with Gasteiger partial charge in [-0.1, -0.05) is 24.3 Å². The molecule has 0 amide bonds. The number of nitrogens with zero attached hydrogens (tertiary/aromatic N) is 2. The first-order chi connectivity index (χ1) is 11.4. The molecule has 0 saturated heterocycles. The van der Waals surface area contributed by atoms with Gasteiger partial charge in [0.15, 0.2) is 0 Å². The molecule has 3 rings (SSSR count). The highest BCUT2D eigenvalue weighted by Crippen LogP contribution is 2.33. The van der Waals surface area contributed by atoms with Crippen molar-refractivity contribution < 1.29 is 18.3 Å². The number of para-hydroxylation sites is 1. The second-order valence-corrected chi connectivity index (χ2v) is 5.41. The van der Waals surface area contributed by atoms with Crippen molar-refractivity contribution in [3.8, 4) is 5.69 Å². The van der Waals surface area contributed by atoms with E-state index in [4.69, 9.17) is 0 Å². The summed E-state index contributed by atoms with van der Waals surface area (Å²) in [6.07, 6.45) is 1.67. The zero-order chi connectivity index (χ0) is 17.3. The fraction of sp³-hybridized carbons (Fsp3) is 0.222. The number of carbonyl (C=O) groups excluding carboxylic acids is 1. The SMILES string of the molecule is CCOC(=O)C(F)(F)c1cc(-n2ncc3ccccc32)ccc1C. The summed E-state index contributed by atoms with van der Waals surface area (Å²) in [7, 11) is 0. The molecule has 0 spiro atoms. The highest BCUT2D eigenvalue weighted by molar-refractivity contribution is 5.82. The van der Waals surface area contributed by atoms with Crippen molar-refractivity contribution in [1.29, 1.82) is 0 Å². The molecule has 124 valence electrons. The first-order valence-corrected chi connectivity index (χ1v) is 7.54. The minimum Gasteiger partial charge on any atom is -0.461 e. The van der Waals surface area contributed by atoms with E-state index in [9.17, 15) is 13.6 Å². The lowest BCUT2D eigenvalue weighted by molar-refractivity contribution is -0.173. The average molecular weight is 330 g/mol. The first-order valence-electron chi connectivity index (χ1n) is 7.54. The molecule has 0 fully saturated rings. The summed E-state index contributed by atoms with van der Waals surface area (Å²) in [5.41, 5.74) is 1.19. The van der Waals surface area contributed by atoms with Crippen molar-refractivity contribution in [3.63, 3.8) is 0 Å². The minimum absolute atomic E-state index is 0.100. The number of rotatable bonds is 4. The van der Waals surface area contributed by atoms with Crippen LogP contribution in [0.3, 0.4) is 0 Å². The zero-order valence-corrected chi connectivity index (χ0v) is 13.3. The standard InChI is InChI=1S/C18H16F2N2O2/c1-3-24-17(23)18(19,20)15-10-14(9-8-12(15)2)22-16-7-5-4-6-13(16)11-21-22/h4-11H,3H2,1-2H3. The second-order valence-electron chi connectivity index (χ2n) is 5.41. The quantitative estimate of drug-likeness (QED) is 0.680. The third-order valence-electron chi connectivity index (χ3n) is 3.81. The Morgan fingerprint density at radius 3 is 2.75 bits per heavy atom. The minimum atomic E-state index is -3.71. The number of fused-ring (bicyclic) bond motifs is 1. The molecule has 0 saturated carbocycles. The van der Waals surface area contributed by atoms with Gasteiger partial charge in [-0.25, -0.2) is 9.48 Å². The summed E-state index contributed by atoms with van der Waals surface area (Å²) in [5, 5.41) is 5.15. The largest absolute Gasteiger partial charge is 0.461 e. The third-order valence-corrected chi connectivity index (χ3v) is 3.81. The van der Waals surface area contributed by atoms with Gasteiger partial charge in [0.1, 0.15) is 0 Å². The van der Waals surface area contributed by atoms with Gasteiger partial charge in [-0.15, -0.1) is 0 Å². The molecule has 4 nitrogen and oxygen atoms in total. The van der Waals surface area contributed by atoms with Gasteiger partial charge in [0.25, 0.3) is 0 Å². The summed E-state index contributed by atoms with van der Waals surface area (Å²) in [5.74, 6) is -5.26. The van der Waals surface area contributed by atoms with Crippen LogP contribution >= 0.6 is 0 Å². The smallest absolute Gasteiger partial charge is 0.381 e. The van der Waals surface area contributed by atoms with Crippen molar-refractivity contribution in [2.45, 2.75) is 19.8 Å². The van der Waals surface area contributed by atoms with E-state index in [0.29, 0.717) is 11.3 Å². The molecule has 3 aromatic rings. The van der Waals surface area contributed by atoms with Crippen molar-refractivity contribution in [2.24, 2.45) is 0 Å². The maximum Gasteiger partial charge on any atom is 0.381 e. The summed E-state index contributed by atoms with van der Waals surface area (Å²) >= 11 is 0. The first kappa shape index (κ1) is 16.1. The van der Waals surface area contributed by atoms with Crippen LogP contribution in [0.1, 0.15) is 18.1 Å². The van der Waals surface area contributed by atoms with Crippen LogP contribution in [0.4, 0.5) is 8.78 Å². The number of aromatic nitrogens is 2. The summed E-state index contributed by atoms with van der Waals surface area (Å²) < 4.78 is 34.9. The highest BCUT2D eigenvalue weighted by atomic mass is 19.3. The van der Waals surface area contributed by atoms with Gasteiger partial charge in [0.2, 0.25) is 0 Å². The zero-order valence-electron chi connectivity index (χ0n) is 13.3. The molecular weight excluding hydrogens is 314 g/mol. The topological polar surface area (TPSA) is 44.1 Å². The molecule has 6 heteroatoms. The average Bonchev–Trinajstić information content (AvgIpc) is 2.99. The van der Waals surface area contributed by atoms with Gasteiger partial charge in [0.05, 0.1) is 24.0 Å². The van der Waals surface area contributed by atoms with Crippen molar-refractivity contribution in [2.75, 3.05) is 6.61 Å². The Morgan fingerprint density at radius 2 is 2.00 bits per heavy atom. The maximum atomic E-state index is 14.4. The van der Waals surface area contributed by atoms with Gasteiger partial charge < -0.3 is 4.74 Å². The van der Waals surface area contributed by atoms with E-state index in [-0.39, 0.29) is 12.2 Å². The summed E-state index contributed by atoms with van der Waals surface area (Å²) in [4.78, 5) is 11.6. The molecule has 0 aliphatic rings. The molecule has 0 N–H and O–H groups in total. The van der Waals surface area contributed by atoms with E-state index in [2.05, 4.69) is 9.84 Å². The summed E-state index contributed by atoms with van der Waals surface area (Å²) in [6, 6.07) is 12.0. The van der Waals surface area contributed by atoms with Crippen LogP contribution in [0.2, 0.25) is 0 Å². The predicted octanol–water partition coefficient (Wildman–Crippen LogP) is 3.99. The number of ether oxygens (including phenoxy) is 1. The molecule has 0 bridgehead atoms. The molecule has 0 radical (unpaired) electrons. The van der Waals surface area contributed by atoms with Crippen LogP contribution < -0.4 is 0 Å². The summed E-state index contributed by atoms with van der Waals surface area (Å²) in [6.45, 7) is 2.93. The van der Waals surface area contributed by atoms with E-state index in [1.54, 1.807) is 23.0 Å². The van der Waals surface area contributed by atoms with E-state index in [1.807, 2.05) is 24.3 Å². The Bertz CT molecular complexity index is 903. The number of carbonyl (C=O) groups is 1. The van der Waals surface area contributed by atoms with E-state index in [0.717, 1.165) is 10.9 Å². The van der Waals surface area contributed by atoms with Gasteiger partial charge in [-0.2, -0.15) is 13.9 Å². The maximum absolute atomic E-state index is 14.4. The van der Waals surface area contributed by atoms with Crippen LogP contribution in [0.5, 0.6) is 0 Å². The van der Waals surface area contributed by atoms with E-state index in [1.165, 1.54) is 19.9 Å². The molecule has 0 aliphatic heterocycles. The lowest BCUT2D eigenvalue weighted by Crippen LogP contribution is -2.29. The van der Waals surface area contributed by atoms with Crippen LogP contribution in [-0.2, 0) is 15.5 Å². The van der Waals surface area contributed by atoms with Gasteiger partial charge in [-0.05, 0) is 37.6 Å². The van der Waals surface area contributed by atoms with Gasteiger partial charge in [0, 0.05) is 10.9 Å².